The smallest absolute Gasteiger partial charge is 0.363 e. The van der Waals surface area contributed by atoms with Gasteiger partial charge in [-0.05, 0) is 24.6 Å². The van der Waals surface area contributed by atoms with E-state index < -0.39 is 36.1 Å². The largest absolute Gasteiger partial charge is 0.491 e. The lowest BCUT2D eigenvalue weighted by molar-refractivity contribution is -0.961. The Bertz CT molecular complexity index is 1180. The second-order valence-electron chi connectivity index (χ2n) is 12.1. The molecule has 2 heterocycles. The van der Waals surface area contributed by atoms with Crippen molar-refractivity contribution in [3.05, 3.63) is 29.8 Å². The predicted molar refractivity (Wildman–Crippen MR) is 175 cm³/mol. The number of rotatable bonds is 19. The second-order valence-corrected chi connectivity index (χ2v) is 12.1. The number of hydrogen-bond donors (Lipinski definition) is 2. The molecule has 2 fully saturated rings. The molecule has 2 saturated heterocycles. The molecule has 1 aromatic carbocycles. The topological polar surface area (TPSA) is 177 Å². The van der Waals surface area contributed by atoms with E-state index in [1.807, 2.05) is 28.9 Å². The Hall–Kier alpha value is -3.38. The number of carbonyl (C=O) groups excluding carboxylic acids is 2. The fourth-order valence-corrected chi connectivity index (χ4v) is 5.99. The zero-order valence-electron chi connectivity index (χ0n) is 29.0. The Kier molecular flexibility index (Phi) is 17.1. The molecule has 276 valence electrons. The summed E-state index contributed by atoms with van der Waals surface area (Å²) in [6, 6.07) is 6.37. The van der Waals surface area contributed by atoms with Gasteiger partial charge in [0.15, 0.2) is 6.04 Å². The highest BCUT2D eigenvalue weighted by molar-refractivity contribution is 5.73. The highest BCUT2D eigenvalue weighted by atomic mass is 16.6. The van der Waals surface area contributed by atoms with E-state index in [-0.39, 0.29) is 37.1 Å². The van der Waals surface area contributed by atoms with Crippen LogP contribution in [-0.2, 0) is 49.3 Å². The Morgan fingerprint density at radius 2 is 1.31 bits per heavy atom. The summed E-state index contributed by atoms with van der Waals surface area (Å²) in [6.07, 6.45) is -0.212. The maximum atomic E-state index is 13.1. The molecule has 2 aliphatic rings. The van der Waals surface area contributed by atoms with Crippen molar-refractivity contribution in [2.45, 2.75) is 25.6 Å². The van der Waals surface area contributed by atoms with Crippen LogP contribution in [0.2, 0.25) is 0 Å². The van der Waals surface area contributed by atoms with Crippen molar-refractivity contribution >= 4 is 23.9 Å². The Labute approximate surface area is 287 Å². The van der Waals surface area contributed by atoms with E-state index in [2.05, 4.69) is 0 Å². The number of methoxy groups -OCH3 is 2. The molecule has 16 heteroatoms. The normalized spacial score (nSPS) is 21.9. The number of carbonyl (C=O) groups is 4. The van der Waals surface area contributed by atoms with Crippen molar-refractivity contribution in [1.82, 2.24) is 14.7 Å². The van der Waals surface area contributed by atoms with Crippen molar-refractivity contribution in [2.24, 2.45) is 0 Å². The first-order valence-corrected chi connectivity index (χ1v) is 16.7. The van der Waals surface area contributed by atoms with E-state index in [9.17, 15) is 29.4 Å². The first-order valence-electron chi connectivity index (χ1n) is 16.7. The molecule has 0 amide bonds. The minimum atomic E-state index is -1.01. The zero-order chi connectivity index (χ0) is 35.6. The molecule has 0 aromatic heterocycles. The van der Waals surface area contributed by atoms with Crippen LogP contribution in [0.5, 0.6) is 5.75 Å². The molecule has 2 N–H and O–H groups in total. The van der Waals surface area contributed by atoms with Crippen LogP contribution in [0.1, 0.15) is 12.5 Å². The summed E-state index contributed by atoms with van der Waals surface area (Å²) >= 11 is 0. The Morgan fingerprint density at radius 3 is 1.80 bits per heavy atom. The molecule has 2 aliphatic heterocycles. The summed E-state index contributed by atoms with van der Waals surface area (Å²) in [7, 11) is 2.62. The highest BCUT2D eigenvalue weighted by Crippen LogP contribution is 2.32. The van der Waals surface area contributed by atoms with Crippen LogP contribution >= 0.6 is 0 Å². The molecule has 16 nitrogen and oxygen atoms in total. The van der Waals surface area contributed by atoms with E-state index in [4.69, 9.17) is 28.4 Å². The molecule has 3 atom stereocenters. The number of hydrogen-bond acceptors (Lipinski definition) is 13. The number of carboxylic acids is 2. The molecule has 49 heavy (non-hydrogen) atoms. The van der Waals surface area contributed by atoms with Gasteiger partial charge in [-0.25, -0.2) is 4.79 Å². The first kappa shape index (κ1) is 40.1. The molecule has 3 rings (SSSR count). The first-order chi connectivity index (χ1) is 23.6. The third-order valence-corrected chi connectivity index (χ3v) is 8.87. The summed E-state index contributed by atoms with van der Waals surface area (Å²) < 4.78 is 32.2. The van der Waals surface area contributed by atoms with Crippen molar-refractivity contribution < 1.29 is 62.3 Å². The predicted octanol–water partition coefficient (Wildman–Crippen LogP) is -0.362. The van der Waals surface area contributed by atoms with Gasteiger partial charge in [-0.2, -0.15) is 0 Å². The van der Waals surface area contributed by atoms with E-state index in [0.717, 1.165) is 5.56 Å². The quantitative estimate of drug-likeness (QED) is 0.0829. The minimum absolute atomic E-state index is 0.00651. The number of esters is 2. The lowest BCUT2D eigenvalue weighted by atomic mass is 10.0. The number of carboxylic acid groups (broad SMARTS) is 2. The van der Waals surface area contributed by atoms with E-state index >= 15 is 0 Å². The number of aliphatic carboxylic acids is 2. The van der Waals surface area contributed by atoms with Crippen LogP contribution in [0.3, 0.4) is 0 Å². The summed E-state index contributed by atoms with van der Waals surface area (Å²) in [6.45, 7) is 7.14. The number of nitrogens with zero attached hydrogens (tertiary/aromatic N) is 4. The number of ether oxygens (including phenoxy) is 6. The lowest BCUT2D eigenvalue weighted by Crippen LogP contribution is -2.66. The van der Waals surface area contributed by atoms with Crippen LogP contribution in [0.15, 0.2) is 24.3 Å². The molecule has 1 aromatic rings. The van der Waals surface area contributed by atoms with Crippen LogP contribution in [0.25, 0.3) is 0 Å². The van der Waals surface area contributed by atoms with Gasteiger partial charge >= 0.3 is 23.9 Å². The number of epoxide rings is 1. The van der Waals surface area contributed by atoms with Crippen LogP contribution in [0.4, 0.5) is 0 Å². The van der Waals surface area contributed by atoms with Gasteiger partial charge in [-0.3, -0.25) is 33.6 Å². The van der Waals surface area contributed by atoms with Crippen molar-refractivity contribution in [1.29, 1.82) is 0 Å². The fraction of sp³-hybridized carbons (Fsp3) is 0.697. The minimum Gasteiger partial charge on any atom is -0.491 e. The second kappa shape index (κ2) is 21.0. The summed E-state index contributed by atoms with van der Waals surface area (Å²) in [4.78, 5) is 55.0. The van der Waals surface area contributed by atoms with Crippen molar-refractivity contribution in [3.8, 4) is 5.75 Å². The molecule has 0 saturated carbocycles. The molecule has 0 spiro atoms. The molecular formula is C33H53N4O12+. The van der Waals surface area contributed by atoms with Gasteiger partial charge in [0.2, 0.25) is 6.23 Å². The van der Waals surface area contributed by atoms with Gasteiger partial charge in [0.25, 0.3) is 0 Å². The van der Waals surface area contributed by atoms with Crippen molar-refractivity contribution in [3.63, 3.8) is 0 Å². The van der Waals surface area contributed by atoms with Gasteiger partial charge < -0.3 is 38.6 Å². The van der Waals surface area contributed by atoms with Crippen LogP contribution in [0, 0.1) is 0 Å². The average molecular weight is 698 g/mol. The van der Waals surface area contributed by atoms with E-state index in [0.29, 0.717) is 91.2 Å². The Morgan fingerprint density at radius 1 is 0.796 bits per heavy atom. The zero-order valence-corrected chi connectivity index (χ0v) is 29.0. The van der Waals surface area contributed by atoms with Crippen LogP contribution < -0.4 is 4.74 Å². The fourth-order valence-electron chi connectivity index (χ4n) is 5.99. The van der Waals surface area contributed by atoms with Gasteiger partial charge in [-0.15, -0.1) is 0 Å². The molecular weight excluding hydrogens is 644 g/mol. The third kappa shape index (κ3) is 13.8. The monoisotopic (exact) mass is 697 g/mol. The van der Waals surface area contributed by atoms with E-state index in [1.165, 1.54) is 14.2 Å². The highest BCUT2D eigenvalue weighted by Gasteiger charge is 2.54. The third-order valence-electron chi connectivity index (χ3n) is 8.87. The summed E-state index contributed by atoms with van der Waals surface area (Å²) in [5.41, 5.74) is 0.796. The van der Waals surface area contributed by atoms with Gasteiger partial charge in [0, 0.05) is 52.3 Å². The van der Waals surface area contributed by atoms with Gasteiger partial charge in [0.1, 0.15) is 19.0 Å². The maximum absolute atomic E-state index is 13.1. The van der Waals surface area contributed by atoms with Gasteiger partial charge in [0.05, 0.1) is 66.8 Å². The molecule has 3 unspecified atom stereocenters. The average Bonchev–Trinajstić information content (AvgIpc) is 3.93. The molecule has 0 bridgehead atoms. The Balaban J connectivity index is 1.83. The number of quaternary nitrogens is 1. The van der Waals surface area contributed by atoms with Crippen LogP contribution in [-0.4, -0.2) is 191 Å². The molecule has 0 aliphatic carbocycles. The standard InChI is InChI=1S/C33H52N4O12/c1-4-46-17-18-47-19-20-48-27-7-5-26(6-8-27)21-28(33(42)43)37(29-25-49-29)15-13-35(22-30(38)39)11-9-34(23-31(40)44-2)10-12-36(14-16-37)24-32(41)45-3/h5-8,28-29H,4,9-25H2,1-3H3,(H-,38,39,42,43)/p+1. The maximum Gasteiger partial charge on any atom is 0.363 e. The number of benzene rings is 1. The summed E-state index contributed by atoms with van der Waals surface area (Å²) in [5.74, 6) is -2.24. The van der Waals surface area contributed by atoms with Gasteiger partial charge in [-0.1, -0.05) is 12.1 Å². The van der Waals surface area contributed by atoms with Crippen molar-refractivity contribution in [2.75, 3.05) is 126 Å². The molecule has 0 radical (unpaired) electrons. The summed E-state index contributed by atoms with van der Waals surface area (Å²) in [5, 5.41) is 20.4. The van der Waals surface area contributed by atoms with E-state index in [1.54, 1.807) is 17.0 Å². The SMILES string of the molecule is CCOCCOCCOc1ccc(CC(C(=O)O)[N+]2(C3CO3)CCN(CC(=O)O)CCN(CC(=O)OC)CCN(CC(=O)OC)CC2)cc1. The lowest BCUT2D eigenvalue weighted by Gasteiger charge is -2.44.